The van der Waals surface area contributed by atoms with Gasteiger partial charge in [0.05, 0.1) is 33.0 Å². The van der Waals surface area contributed by atoms with Gasteiger partial charge in [-0.3, -0.25) is 9.59 Å². The summed E-state index contributed by atoms with van der Waals surface area (Å²) in [5, 5.41) is 14.5. The van der Waals surface area contributed by atoms with Gasteiger partial charge in [0.2, 0.25) is 11.8 Å². The van der Waals surface area contributed by atoms with Crippen LogP contribution in [0.3, 0.4) is 0 Å². The number of carbonyl (C=O) groups excluding carboxylic acids is 2. The zero-order valence-electron chi connectivity index (χ0n) is 16.7. The van der Waals surface area contributed by atoms with E-state index in [1.165, 1.54) is 6.07 Å². The summed E-state index contributed by atoms with van der Waals surface area (Å²) in [6, 6.07) is 12.7. The number of amides is 2. The first-order valence-electron chi connectivity index (χ1n) is 9.38. The minimum Gasteiger partial charge on any atom is -0.325 e. The van der Waals surface area contributed by atoms with E-state index in [9.17, 15) is 28.0 Å². The molecule has 0 fully saturated rings. The average molecular weight is 480 g/mol. The van der Waals surface area contributed by atoms with Crippen molar-refractivity contribution < 1.29 is 22.8 Å². The Labute approximate surface area is 191 Å². The fourth-order valence-electron chi connectivity index (χ4n) is 3.17. The monoisotopic (exact) mass is 479 g/mol. The molecule has 3 rings (SSSR count). The number of allylic oxidation sites excluding steroid dienone is 1. The highest BCUT2D eigenvalue weighted by Gasteiger charge is 2.33. The molecule has 32 heavy (non-hydrogen) atoms. The first-order chi connectivity index (χ1) is 15.1. The van der Waals surface area contributed by atoms with Crippen molar-refractivity contribution >= 4 is 40.9 Å². The van der Waals surface area contributed by atoms with Gasteiger partial charge in [-0.2, -0.15) is 18.4 Å². The number of carbonyl (C=O) groups is 2. The molecule has 0 spiro atoms. The van der Waals surface area contributed by atoms with Crippen LogP contribution < -0.4 is 10.6 Å². The van der Waals surface area contributed by atoms with E-state index >= 15 is 0 Å². The van der Waals surface area contributed by atoms with E-state index in [0.29, 0.717) is 5.57 Å². The number of rotatable bonds is 5. The zero-order chi connectivity index (χ0) is 23.5. The smallest absolute Gasteiger partial charge is 0.325 e. The number of anilines is 1. The van der Waals surface area contributed by atoms with Crippen LogP contribution in [0.25, 0.3) is 0 Å². The van der Waals surface area contributed by atoms with E-state index in [4.69, 9.17) is 11.6 Å². The van der Waals surface area contributed by atoms with E-state index < -0.39 is 28.6 Å². The number of nitriles is 1. The van der Waals surface area contributed by atoms with Crippen molar-refractivity contribution in [1.29, 1.82) is 5.26 Å². The predicted octanol–water partition coefficient (Wildman–Crippen LogP) is 5.38. The highest BCUT2D eigenvalue weighted by atomic mass is 35.5. The van der Waals surface area contributed by atoms with Gasteiger partial charge in [0.25, 0.3) is 0 Å². The number of benzene rings is 2. The van der Waals surface area contributed by atoms with Crippen LogP contribution in [0.15, 0.2) is 53.1 Å². The third kappa shape index (κ3) is 5.64. The molecule has 5 nitrogen and oxygen atoms in total. The fourth-order valence-corrected chi connectivity index (χ4v) is 4.27. The molecule has 1 aliphatic heterocycles. The molecular weight excluding hydrogens is 463 g/mol. The van der Waals surface area contributed by atoms with Crippen LogP contribution in [0.5, 0.6) is 0 Å². The number of hydrogen-bond acceptors (Lipinski definition) is 4. The highest BCUT2D eigenvalue weighted by Crippen LogP contribution is 2.37. The van der Waals surface area contributed by atoms with Crippen LogP contribution in [-0.4, -0.2) is 17.6 Å². The number of halogens is 4. The molecular formula is C22H17ClF3N3O2S. The predicted molar refractivity (Wildman–Crippen MR) is 117 cm³/mol. The third-order valence-electron chi connectivity index (χ3n) is 4.74. The Morgan fingerprint density at radius 1 is 1.28 bits per heavy atom. The number of thioether (sulfide) groups is 1. The number of nitrogens with one attached hydrogen (secondary N) is 2. The van der Waals surface area contributed by atoms with Crippen LogP contribution in [0.2, 0.25) is 5.02 Å². The molecule has 0 unspecified atom stereocenters. The lowest BCUT2D eigenvalue weighted by atomic mass is 9.87. The molecule has 1 aliphatic rings. The van der Waals surface area contributed by atoms with Gasteiger partial charge in [-0.25, -0.2) is 0 Å². The molecule has 0 bridgehead atoms. The summed E-state index contributed by atoms with van der Waals surface area (Å²) >= 11 is 6.53. The van der Waals surface area contributed by atoms with Crippen molar-refractivity contribution in [3.8, 4) is 6.07 Å². The molecule has 2 aromatic carbocycles. The van der Waals surface area contributed by atoms with Gasteiger partial charge < -0.3 is 10.6 Å². The van der Waals surface area contributed by atoms with Gasteiger partial charge in [-0.05, 0) is 30.7 Å². The van der Waals surface area contributed by atoms with Crippen LogP contribution in [0, 0.1) is 18.3 Å². The summed E-state index contributed by atoms with van der Waals surface area (Å²) in [5.41, 5.74) is 1.06. The fraction of sp³-hybridized carbons (Fsp3) is 0.227. The summed E-state index contributed by atoms with van der Waals surface area (Å²) in [5.74, 6) is -1.54. The van der Waals surface area contributed by atoms with Gasteiger partial charge in [0, 0.05) is 18.0 Å². The van der Waals surface area contributed by atoms with E-state index in [-0.39, 0.29) is 28.8 Å². The maximum atomic E-state index is 13.0. The maximum Gasteiger partial charge on any atom is 0.417 e. The number of aryl methyl sites for hydroxylation is 1. The van der Waals surface area contributed by atoms with E-state index in [1.54, 1.807) is 0 Å². The summed E-state index contributed by atoms with van der Waals surface area (Å²) < 4.78 is 39.0. The first-order valence-corrected chi connectivity index (χ1v) is 10.7. The molecule has 1 heterocycles. The molecule has 0 saturated carbocycles. The second kappa shape index (κ2) is 9.67. The zero-order valence-corrected chi connectivity index (χ0v) is 18.3. The quantitative estimate of drug-likeness (QED) is 0.603. The molecule has 0 saturated heterocycles. The molecule has 0 radical (unpaired) electrons. The number of nitrogens with zero attached hydrogens (tertiary/aromatic N) is 1. The summed E-state index contributed by atoms with van der Waals surface area (Å²) in [7, 11) is 0. The third-order valence-corrected chi connectivity index (χ3v) is 6.09. The Hall–Kier alpha value is -2.96. The first kappa shape index (κ1) is 23.7. The maximum absolute atomic E-state index is 13.0. The number of hydrogen-bond donors (Lipinski definition) is 2. The lowest BCUT2D eigenvalue weighted by molar-refractivity contribution is -0.137. The molecule has 1 atom stereocenters. The summed E-state index contributed by atoms with van der Waals surface area (Å²) in [4.78, 5) is 24.5. The lowest BCUT2D eigenvalue weighted by Gasteiger charge is -2.25. The van der Waals surface area contributed by atoms with Crippen molar-refractivity contribution in [3.05, 3.63) is 74.8 Å². The van der Waals surface area contributed by atoms with E-state index in [1.807, 2.05) is 31.2 Å². The molecule has 10 heteroatoms. The van der Waals surface area contributed by atoms with E-state index in [2.05, 4.69) is 16.7 Å². The van der Waals surface area contributed by atoms with Crippen LogP contribution in [0.4, 0.5) is 18.9 Å². The van der Waals surface area contributed by atoms with Crippen molar-refractivity contribution in [2.24, 2.45) is 0 Å². The van der Waals surface area contributed by atoms with Crippen LogP contribution >= 0.6 is 23.4 Å². The summed E-state index contributed by atoms with van der Waals surface area (Å²) in [6.07, 6.45) is -4.55. The van der Waals surface area contributed by atoms with E-state index in [0.717, 1.165) is 35.0 Å². The topological polar surface area (TPSA) is 82.0 Å². The SMILES string of the molecule is Cc1ccc([C@H]2CC(=O)NC(SCC(=O)Nc3ccc(Cl)c(C(F)(F)F)c3)=C2C#N)cc1. The Morgan fingerprint density at radius 3 is 2.59 bits per heavy atom. The minimum absolute atomic E-state index is 0.0629. The highest BCUT2D eigenvalue weighted by molar-refractivity contribution is 8.03. The normalized spacial score (nSPS) is 16.4. The van der Waals surface area contributed by atoms with Crippen molar-refractivity contribution in [3.63, 3.8) is 0 Å². The largest absolute Gasteiger partial charge is 0.417 e. The molecule has 2 N–H and O–H groups in total. The molecule has 0 aliphatic carbocycles. The van der Waals surface area contributed by atoms with Crippen molar-refractivity contribution in [2.45, 2.75) is 25.4 Å². The van der Waals surface area contributed by atoms with Gasteiger partial charge in [0.15, 0.2) is 0 Å². The van der Waals surface area contributed by atoms with Crippen molar-refractivity contribution in [1.82, 2.24) is 5.32 Å². The van der Waals surface area contributed by atoms with Gasteiger partial charge in [-0.15, -0.1) is 0 Å². The minimum atomic E-state index is -4.66. The van der Waals surface area contributed by atoms with Gasteiger partial charge >= 0.3 is 6.18 Å². The second-order valence-electron chi connectivity index (χ2n) is 7.10. The Balaban J connectivity index is 1.74. The average Bonchev–Trinajstić information content (AvgIpc) is 2.73. The molecule has 0 aromatic heterocycles. The summed E-state index contributed by atoms with van der Waals surface area (Å²) in [6.45, 7) is 1.93. The Kier molecular flexibility index (Phi) is 7.16. The Bertz CT molecular complexity index is 1120. The molecule has 166 valence electrons. The van der Waals surface area contributed by atoms with Crippen LogP contribution in [-0.2, 0) is 15.8 Å². The lowest BCUT2D eigenvalue weighted by Crippen LogP contribution is -2.31. The Morgan fingerprint density at radius 2 is 1.97 bits per heavy atom. The second-order valence-corrected chi connectivity index (χ2v) is 8.49. The standard InChI is InChI=1S/C22H17ClF3N3O2S/c1-12-2-4-13(5-3-12)15-9-19(30)29-21(16(15)10-27)32-11-20(31)28-14-6-7-18(23)17(8-14)22(24,25)26/h2-8,15H,9,11H2,1H3,(H,28,31)(H,29,30)/t15-/m1/s1. The van der Waals surface area contributed by atoms with Crippen LogP contribution in [0.1, 0.15) is 29.0 Å². The van der Waals surface area contributed by atoms with Crippen molar-refractivity contribution in [2.75, 3.05) is 11.1 Å². The molecule has 2 aromatic rings. The van der Waals surface area contributed by atoms with Gasteiger partial charge in [0.1, 0.15) is 0 Å². The van der Waals surface area contributed by atoms with Gasteiger partial charge in [-0.1, -0.05) is 53.2 Å². The molecule has 2 amide bonds. The number of alkyl halides is 3.